The number of aliphatic hydroxyl groups is 1. The third kappa shape index (κ3) is 15.3. The summed E-state index contributed by atoms with van der Waals surface area (Å²) in [5.74, 6) is -0.410. The first kappa shape index (κ1) is 17.2. The fourth-order valence-electron chi connectivity index (χ4n) is 0.551. The van der Waals surface area contributed by atoms with E-state index in [2.05, 4.69) is 0 Å². The Balaban J connectivity index is 0. The topological polar surface area (TPSA) is 93.1 Å². The first-order chi connectivity index (χ1) is 6.06. The van der Waals surface area contributed by atoms with E-state index in [4.69, 9.17) is 19.1 Å². The SMILES string of the molecule is O=S(=O)(O)CCOCCOCCO.[Na+]. The largest absolute Gasteiger partial charge is 1.00 e. The Kier molecular flexibility index (Phi) is 12.7. The molecule has 8 heteroatoms. The van der Waals surface area contributed by atoms with Crippen LogP contribution in [0.2, 0.25) is 0 Å². The van der Waals surface area contributed by atoms with E-state index < -0.39 is 15.9 Å². The summed E-state index contributed by atoms with van der Waals surface area (Å²) in [7, 11) is -3.93. The molecule has 14 heavy (non-hydrogen) atoms. The Morgan fingerprint density at radius 2 is 1.50 bits per heavy atom. The van der Waals surface area contributed by atoms with Gasteiger partial charge in [0.2, 0.25) is 0 Å². The molecule has 6 nitrogen and oxygen atoms in total. The van der Waals surface area contributed by atoms with E-state index in [0.717, 1.165) is 0 Å². The summed E-state index contributed by atoms with van der Waals surface area (Å²) in [5.41, 5.74) is 0. The third-order valence-corrected chi connectivity index (χ3v) is 1.78. The van der Waals surface area contributed by atoms with E-state index in [-0.39, 0.29) is 56.0 Å². The van der Waals surface area contributed by atoms with Gasteiger partial charge in [0.15, 0.2) is 0 Å². The molecule has 0 atom stereocenters. The molecule has 0 aliphatic heterocycles. The minimum Gasteiger partial charge on any atom is -0.394 e. The summed E-state index contributed by atoms with van der Waals surface area (Å²) in [6.07, 6.45) is 0. The minimum atomic E-state index is -3.93. The molecule has 80 valence electrons. The second-order valence-electron chi connectivity index (χ2n) is 2.23. The van der Waals surface area contributed by atoms with Crippen molar-refractivity contribution < 1.29 is 57.1 Å². The molecule has 0 amide bonds. The molecule has 0 fully saturated rings. The molecule has 0 aromatic carbocycles. The van der Waals surface area contributed by atoms with Crippen molar-refractivity contribution in [2.24, 2.45) is 0 Å². The first-order valence-corrected chi connectivity index (χ1v) is 5.38. The Morgan fingerprint density at radius 3 is 1.93 bits per heavy atom. The van der Waals surface area contributed by atoms with Crippen LogP contribution in [0.5, 0.6) is 0 Å². The van der Waals surface area contributed by atoms with Crippen LogP contribution in [0.4, 0.5) is 0 Å². The van der Waals surface area contributed by atoms with Crippen molar-refractivity contribution in [3.8, 4) is 0 Å². The van der Waals surface area contributed by atoms with Gasteiger partial charge in [0.1, 0.15) is 0 Å². The molecule has 2 N–H and O–H groups in total. The van der Waals surface area contributed by atoms with Crippen molar-refractivity contribution in [1.29, 1.82) is 0 Å². The molecule has 0 aromatic heterocycles. The second-order valence-corrected chi connectivity index (χ2v) is 3.81. The predicted octanol–water partition coefficient (Wildman–Crippen LogP) is -4.10. The Hall–Kier alpha value is 0.790. The maximum Gasteiger partial charge on any atom is 1.00 e. The zero-order chi connectivity index (χ0) is 10.2. The first-order valence-electron chi connectivity index (χ1n) is 3.78. The quantitative estimate of drug-likeness (QED) is 0.253. The second kappa shape index (κ2) is 10.3. The third-order valence-electron chi connectivity index (χ3n) is 1.09. The number of ether oxygens (including phenoxy) is 2. The van der Waals surface area contributed by atoms with E-state index in [9.17, 15) is 8.42 Å². The summed E-state index contributed by atoms with van der Waals surface area (Å²) >= 11 is 0. The Bertz CT molecular complexity index is 204. The number of aliphatic hydroxyl groups excluding tert-OH is 1. The van der Waals surface area contributed by atoms with Crippen LogP contribution in [0, 0.1) is 0 Å². The monoisotopic (exact) mass is 237 g/mol. The molecule has 0 radical (unpaired) electrons. The van der Waals surface area contributed by atoms with Gasteiger partial charge in [0.05, 0.1) is 38.8 Å². The van der Waals surface area contributed by atoms with Crippen LogP contribution in [0.3, 0.4) is 0 Å². The summed E-state index contributed by atoms with van der Waals surface area (Å²) in [4.78, 5) is 0. The average molecular weight is 237 g/mol. The molecule has 0 saturated carbocycles. The van der Waals surface area contributed by atoms with E-state index in [1.807, 2.05) is 0 Å². The van der Waals surface area contributed by atoms with Crippen LogP contribution in [0.25, 0.3) is 0 Å². The fourth-order valence-corrected chi connectivity index (χ4v) is 0.879. The van der Waals surface area contributed by atoms with Gasteiger partial charge in [-0.25, -0.2) is 0 Å². The van der Waals surface area contributed by atoms with Gasteiger partial charge >= 0.3 is 29.6 Å². The number of rotatable bonds is 8. The van der Waals surface area contributed by atoms with Crippen molar-refractivity contribution in [1.82, 2.24) is 0 Å². The van der Waals surface area contributed by atoms with Gasteiger partial charge in [-0.2, -0.15) is 8.42 Å². The standard InChI is InChI=1S/C6H14O6S.Na/c7-1-2-11-3-4-12-5-6-13(8,9)10;/h7H,1-6H2,(H,8,9,10);/q;+1. The van der Waals surface area contributed by atoms with Gasteiger partial charge in [0.25, 0.3) is 10.1 Å². The van der Waals surface area contributed by atoms with Crippen molar-refractivity contribution in [3.05, 3.63) is 0 Å². The average Bonchev–Trinajstić information content (AvgIpc) is 2.01. The van der Waals surface area contributed by atoms with Crippen LogP contribution in [-0.2, 0) is 19.6 Å². The molecule has 0 spiro atoms. The van der Waals surface area contributed by atoms with Crippen molar-refractivity contribution in [2.75, 3.05) is 38.8 Å². The molecule has 0 unspecified atom stereocenters. The summed E-state index contributed by atoms with van der Waals surface area (Å²) < 4.78 is 38.3. The van der Waals surface area contributed by atoms with E-state index >= 15 is 0 Å². The molecule has 0 aromatic rings. The smallest absolute Gasteiger partial charge is 0.394 e. The van der Waals surface area contributed by atoms with Crippen LogP contribution >= 0.6 is 0 Å². The van der Waals surface area contributed by atoms with Crippen LogP contribution < -0.4 is 29.6 Å². The molecule has 0 rings (SSSR count). The molecular weight excluding hydrogens is 223 g/mol. The normalized spacial score (nSPS) is 11.0. The Labute approximate surface area is 106 Å². The van der Waals surface area contributed by atoms with Gasteiger partial charge in [-0.05, 0) is 0 Å². The summed E-state index contributed by atoms with van der Waals surface area (Å²) in [6, 6.07) is 0. The van der Waals surface area contributed by atoms with Gasteiger partial charge in [-0.3, -0.25) is 4.55 Å². The molecule has 0 aliphatic carbocycles. The maximum atomic E-state index is 10.2. The molecule has 0 heterocycles. The summed E-state index contributed by atoms with van der Waals surface area (Å²) in [6.45, 7) is 0.676. The summed E-state index contributed by atoms with van der Waals surface area (Å²) in [5, 5.41) is 8.30. The van der Waals surface area contributed by atoms with Gasteiger partial charge in [-0.1, -0.05) is 0 Å². The van der Waals surface area contributed by atoms with E-state index in [1.165, 1.54) is 0 Å². The van der Waals surface area contributed by atoms with E-state index in [0.29, 0.717) is 6.61 Å². The zero-order valence-corrected chi connectivity index (χ0v) is 11.0. The fraction of sp³-hybridized carbons (Fsp3) is 1.00. The van der Waals surface area contributed by atoms with Crippen LogP contribution in [0.15, 0.2) is 0 Å². The molecule has 0 bridgehead atoms. The van der Waals surface area contributed by atoms with Gasteiger partial charge in [-0.15, -0.1) is 0 Å². The maximum absolute atomic E-state index is 10.2. The number of hydrogen-bond donors (Lipinski definition) is 2. The van der Waals surface area contributed by atoms with Crippen molar-refractivity contribution >= 4 is 10.1 Å². The van der Waals surface area contributed by atoms with Crippen molar-refractivity contribution in [2.45, 2.75) is 0 Å². The van der Waals surface area contributed by atoms with Crippen LogP contribution in [0.1, 0.15) is 0 Å². The molecule has 0 saturated heterocycles. The van der Waals surface area contributed by atoms with Crippen LogP contribution in [-0.4, -0.2) is 56.9 Å². The van der Waals surface area contributed by atoms with Gasteiger partial charge in [0, 0.05) is 0 Å². The predicted molar refractivity (Wildman–Crippen MR) is 45.1 cm³/mol. The molecule has 0 aliphatic rings. The minimum absolute atomic E-state index is 0. The van der Waals surface area contributed by atoms with Crippen molar-refractivity contribution in [3.63, 3.8) is 0 Å². The number of hydrogen-bond acceptors (Lipinski definition) is 5. The van der Waals surface area contributed by atoms with Gasteiger partial charge < -0.3 is 14.6 Å². The Morgan fingerprint density at radius 1 is 1.00 bits per heavy atom. The van der Waals surface area contributed by atoms with E-state index in [1.54, 1.807) is 0 Å². The zero-order valence-electron chi connectivity index (χ0n) is 8.18. The molecular formula is C6H14NaO6S+.